The predicted molar refractivity (Wildman–Crippen MR) is 76.3 cm³/mol. The summed E-state index contributed by atoms with van der Waals surface area (Å²) in [4.78, 5) is 4.34. The average molecular weight is 239 g/mol. The average Bonchev–Trinajstić information content (AvgIpc) is 2.39. The van der Waals surface area contributed by atoms with Crippen LogP contribution in [0.15, 0.2) is 43.1 Å². The third-order valence-corrected chi connectivity index (χ3v) is 3.09. The third kappa shape index (κ3) is 2.07. The number of allylic oxidation sites excluding steroid dienone is 3. The van der Waals surface area contributed by atoms with Gasteiger partial charge in [0.05, 0.1) is 12.3 Å². The zero-order valence-electron chi connectivity index (χ0n) is 10.8. The van der Waals surface area contributed by atoms with Crippen LogP contribution in [0.2, 0.25) is 0 Å². The van der Waals surface area contributed by atoms with Crippen molar-refractivity contribution in [1.82, 2.24) is 4.98 Å². The summed E-state index contributed by atoms with van der Waals surface area (Å²) < 4.78 is 0. The Hall–Kier alpha value is -1.93. The fourth-order valence-corrected chi connectivity index (χ4v) is 2.19. The van der Waals surface area contributed by atoms with Crippen molar-refractivity contribution < 1.29 is 5.11 Å². The van der Waals surface area contributed by atoms with Crippen molar-refractivity contribution in [2.75, 3.05) is 0 Å². The van der Waals surface area contributed by atoms with Crippen LogP contribution in [0.1, 0.15) is 23.7 Å². The molecule has 0 aliphatic carbocycles. The minimum absolute atomic E-state index is 0.0651. The van der Waals surface area contributed by atoms with Crippen LogP contribution in [0.5, 0.6) is 0 Å². The van der Waals surface area contributed by atoms with E-state index in [9.17, 15) is 5.11 Å². The van der Waals surface area contributed by atoms with E-state index in [2.05, 4.69) is 36.7 Å². The molecule has 0 saturated heterocycles. The van der Waals surface area contributed by atoms with E-state index in [0.717, 1.165) is 21.9 Å². The lowest BCUT2D eigenvalue weighted by Gasteiger charge is -2.12. The molecule has 0 radical (unpaired) electrons. The zero-order chi connectivity index (χ0) is 13.1. The first kappa shape index (κ1) is 12.5. The molecule has 0 aliphatic rings. The van der Waals surface area contributed by atoms with E-state index in [1.807, 2.05) is 19.2 Å². The zero-order valence-corrected chi connectivity index (χ0v) is 10.8. The van der Waals surface area contributed by atoms with Gasteiger partial charge in [-0.2, -0.15) is 0 Å². The van der Waals surface area contributed by atoms with Crippen LogP contribution in [0, 0.1) is 6.92 Å². The first-order chi connectivity index (χ1) is 8.71. The number of pyridine rings is 1. The van der Waals surface area contributed by atoms with E-state index >= 15 is 0 Å². The number of hydrogen-bond donors (Lipinski definition) is 1. The van der Waals surface area contributed by atoms with Gasteiger partial charge in [-0.25, -0.2) is 0 Å². The van der Waals surface area contributed by atoms with Gasteiger partial charge in [-0.05, 0) is 30.9 Å². The van der Waals surface area contributed by atoms with Crippen LogP contribution in [0.3, 0.4) is 0 Å². The van der Waals surface area contributed by atoms with Crippen molar-refractivity contribution in [2.45, 2.75) is 20.5 Å². The standard InChI is InChI=1S/C16H17NO/c1-4-12(5-2)16-14-7-6-11(3)8-13(14)9-17-15(16)10-18/h4-9,18H,1,10H2,2-3H3/b12-5+. The van der Waals surface area contributed by atoms with E-state index in [0.29, 0.717) is 5.69 Å². The smallest absolute Gasteiger partial charge is 0.0859 e. The first-order valence-corrected chi connectivity index (χ1v) is 5.99. The monoisotopic (exact) mass is 239 g/mol. The number of benzene rings is 1. The third-order valence-electron chi connectivity index (χ3n) is 3.09. The highest BCUT2D eigenvalue weighted by Crippen LogP contribution is 2.28. The van der Waals surface area contributed by atoms with Crippen molar-refractivity contribution in [2.24, 2.45) is 0 Å². The molecule has 92 valence electrons. The SMILES string of the molecule is C=C/C(=C\C)c1c(CO)ncc2cc(C)ccc12. The normalized spacial score (nSPS) is 11.8. The molecule has 2 heteroatoms. The van der Waals surface area contributed by atoms with Crippen molar-refractivity contribution in [3.8, 4) is 0 Å². The molecule has 2 nitrogen and oxygen atoms in total. The lowest BCUT2D eigenvalue weighted by atomic mass is 9.96. The minimum atomic E-state index is -0.0651. The van der Waals surface area contributed by atoms with E-state index in [1.54, 1.807) is 6.08 Å². The Kier molecular flexibility index (Phi) is 3.58. The molecule has 2 rings (SSSR count). The largest absolute Gasteiger partial charge is 0.390 e. The number of aromatic nitrogens is 1. The molecule has 18 heavy (non-hydrogen) atoms. The molecule has 1 aromatic heterocycles. The Bertz CT molecular complexity index is 626. The highest BCUT2D eigenvalue weighted by Gasteiger charge is 2.10. The molecule has 1 heterocycles. The number of nitrogens with zero attached hydrogens (tertiary/aromatic N) is 1. The second-order valence-corrected chi connectivity index (χ2v) is 4.28. The summed E-state index contributed by atoms with van der Waals surface area (Å²) >= 11 is 0. The lowest BCUT2D eigenvalue weighted by molar-refractivity contribution is 0.277. The van der Waals surface area contributed by atoms with Gasteiger partial charge < -0.3 is 5.11 Å². The predicted octanol–water partition coefficient (Wildman–Crippen LogP) is 3.62. The molecule has 1 aromatic carbocycles. The molecule has 0 amide bonds. The Labute approximate surface area is 107 Å². The molecule has 0 atom stereocenters. The van der Waals surface area contributed by atoms with Gasteiger partial charge in [-0.1, -0.05) is 36.4 Å². The van der Waals surface area contributed by atoms with Crippen LogP contribution in [-0.4, -0.2) is 10.1 Å². The number of aryl methyl sites for hydroxylation is 1. The van der Waals surface area contributed by atoms with Gasteiger partial charge in [-0.15, -0.1) is 0 Å². The highest BCUT2D eigenvalue weighted by atomic mass is 16.3. The second kappa shape index (κ2) is 5.15. The molecule has 1 N–H and O–H groups in total. The van der Waals surface area contributed by atoms with E-state index in [-0.39, 0.29) is 6.61 Å². The fraction of sp³-hybridized carbons (Fsp3) is 0.188. The van der Waals surface area contributed by atoms with Gasteiger partial charge in [-0.3, -0.25) is 4.98 Å². The van der Waals surface area contributed by atoms with Crippen LogP contribution in [0.25, 0.3) is 16.3 Å². The van der Waals surface area contributed by atoms with Crippen molar-refractivity contribution in [3.05, 3.63) is 59.9 Å². The van der Waals surface area contributed by atoms with Gasteiger partial charge in [0.1, 0.15) is 0 Å². The van der Waals surface area contributed by atoms with Crippen LogP contribution in [0.4, 0.5) is 0 Å². The summed E-state index contributed by atoms with van der Waals surface area (Å²) in [5, 5.41) is 11.6. The Balaban J connectivity index is 2.85. The maximum atomic E-state index is 9.45. The number of hydrogen-bond acceptors (Lipinski definition) is 2. The van der Waals surface area contributed by atoms with Crippen molar-refractivity contribution in [3.63, 3.8) is 0 Å². The topological polar surface area (TPSA) is 33.1 Å². The first-order valence-electron chi connectivity index (χ1n) is 5.99. The summed E-state index contributed by atoms with van der Waals surface area (Å²) in [6.45, 7) is 7.79. The maximum absolute atomic E-state index is 9.45. The summed E-state index contributed by atoms with van der Waals surface area (Å²) in [5.74, 6) is 0. The van der Waals surface area contributed by atoms with Gasteiger partial charge in [0.25, 0.3) is 0 Å². The molecular formula is C16H17NO. The summed E-state index contributed by atoms with van der Waals surface area (Å²) in [5.41, 5.74) is 3.88. The molecule has 0 saturated carbocycles. The van der Waals surface area contributed by atoms with Gasteiger partial charge in [0.2, 0.25) is 0 Å². The molecular weight excluding hydrogens is 222 g/mol. The van der Waals surface area contributed by atoms with Crippen LogP contribution >= 0.6 is 0 Å². The molecule has 0 spiro atoms. The van der Waals surface area contributed by atoms with Crippen LogP contribution < -0.4 is 0 Å². The molecule has 0 unspecified atom stereocenters. The summed E-state index contributed by atoms with van der Waals surface area (Å²) in [6, 6.07) is 6.25. The summed E-state index contributed by atoms with van der Waals surface area (Å²) in [7, 11) is 0. The van der Waals surface area contributed by atoms with E-state index in [1.165, 1.54) is 5.56 Å². The van der Waals surface area contributed by atoms with Crippen molar-refractivity contribution in [1.29, 1.82) is 0 Å². The Morgan fingerprint density at radius 2 is 2.22 bits per heavy atom. The number of aliphatic hydroxyl groups is 1. The molecule has 2 aromatic rings. The molecule has 0 bridgehead atoms. The van der Waals surface area contributed by atoms with Gasteiger partial charge >= 0.3 is 0 Å². The quantitative estimate of drug-likeness (QED) is 0.830. The Morgan fingerprint density at radius 3 is 2.83 bits per heavy atom. The number of fused-ring (bicyclic) bond motifs is 1. The van der Waals surface area contributed by atoms with Gasteiger partial charge in [0.15, 0.2) is 0 Å². The summed E-state index contributed by atoms with van der Waals surface area (Å²) in [6.07, 6.45) is 5.60. The van der Waals surface area contributed by atoms with E-state index in [4.69, 9.17) is 0 Å². The maximum Gasteiger partial charge on any atom is 0.0859 e. The Morgan fingerprint density at radius 1 is 1.44 bits per heavy atom. The number of aliphatic hydroxyl groups excluding tert-OH is 1. The molecule has 0 fully saturated rings. The lowest BCUT2D eigenvalue weighted by Crippen LogP contribution is -1.98. The van der Waals surface area contributed by atoms with E-state index < -0.39 is 0 Å². The number of rotatable bonds is 3. The van der Waals surface area contributed by atoms with Gasteiger partial charge in [0, 0.05) is 17.1 Å². The van der Waals surface area contributed by atoms with Crippen LogP contribution in [-0.2, 0) is 6.61 Å². The second-order valence-electron chi connectivity index (χ2n) is 4.28. The van der Waals surface area contributed by atoms with Crippen molar-refractivity contribution >= 4 is 16.3 Å². The molecule has 0 aliphatic heterocycles. The minimum Gasteiger partial charge on any atom is -0.390 e. The fourth-order valence-electron chi connectivity index (χ4n) is 2.19. The highest BCUT2D eigenvalue weighted by molar-refractivity contribution is 5.96.